The molecule has 7 heteroatoms. The van der Waals surface area contributed by atoms with Crippen LogP contribution >= 0.6 is 23.0 Å². The van der Waals surface area contributed by atoms with Gasteiger partial charge in [-0.3, -0.25) is 0 Å². The van der Waals surface area contributed by atoms with E-state index in [4.69, 9.17) is 5.11 Å². The van der Waals surface area contributed by atoms with Crippen molar-refractivity contribution in [3.8, 4) is 0 Å². The molecule has 0 aromatic rings. The molecule has 13 heavy (non-hydrogen) atoms. The summed E-state index contributed by atoms with van der Waals surface area (Å²) in [7, 11) is 0. The third-order valence-corrected chi connectivity index (χ3v) is 2.76. The summed E-state index contributed by atoms with van der Waals surface area (Å²) in [6, 6.07) is 0. The third kappa shape index (κ3) is 1.96. The van der Waals surface area contributed by atoms with E-state index < -0.39 is 36.6 Å². The first kappa shape index (κ1) is 11.6. The van der Waals surface area contributed by atoms with Crippen molar-refractivity contribution < 1.29 is 28.6 Å². The van der Waals surface area contributed by atoms with Crippen molar-refractivity contribution in [1.82, 2.24) is 0 Å². The molecule has 0 amide bonds. The largest absolute Gasteiger partial charge is 0.387 e. The molecule has 1 aliphatic rings. The van der Waals surface area contributed by atoms with Gasteiger partial charge in [0.15, 0.2) is 0 Å². The summed E-state index contributed by atoms with van der Waals surface area (Å²) in [5.41, 5.74) is 0. The zero-order chi connectivity index (χ0) is 10.2. The van der Waals surface area contributed by atoms with Crippen molar-refractivity contribution in [2.24, 2.45) is 0 Å². The standard InChI is InChI=1S/C6H11IO6/c7-13-6-4(11)2(9)1(8)3(10)5(6)12/h1-6,8-12H. The maximum atomic E-state index is 9.29. The van der Waals surface area contributed by atoms with Crippen LogP contribution in [0.2, 0.25) is 0 Å². The fourth-order valence-corrected chi connectivity index (χ4v) is 1.90. The van der Waals surface area contributed by atoms with Crippen molar-refractivity contribution in [2.75, 3.05) is 0 Å². The van der Waals surface area contributed by atoms with Gasteiger partial charge in [0.25, 0.3) is 0 Å². The van der Waals surface area contributed by atoms with Crippen molar-refractivity contribution in [3.05, 3.63) is 0 Å². The summed E-state index contributed by atoms with van der Waals surface area (Å²) in [5.74, 6) is 0. The number of aliphatic hydroxyl groups excluding tert-OH is 5. The van der Waals surface area contributed by atoms with E-state index in [0.29, 0.717) is 0 Å². The number of halogens is 1. The Kier molecular flexibility index (Phi) is 3.86. The quantitative estimate of drug-likeness (QED) is 0.344. The van der Waals surface area contributed by atoms with Crippen LogP contribution in [0.4, 0.5) is 0 Å². The van der Waals surface area contributed by atoms with E-state index in [2.05, 4.69) is 3.07 Å². The molecule has 0 saturated heterocycles. The fraction of sp³-hybridized carbons (Fsp3) is 1.00. The van der Waals surface area contributed by atoms with Crippen LogP contribution < -0.4 is 0 Å². The molecule has 6 nitrogen and oxygen atoms in total. The van der Waals surface area contributed by atoms with E-state index in [9.17, 15) is 20.4 Å². The second-order valence-corrected chi connectivity index (χ2v) is 3.52. The van der Waals surface area contributed by atoms with Crippen LogP contribution in [0.5, 0.6) is 0 Å². The lowest BCUT2D eigenvalue weighted by Crippen LogP contribution is -2.63. The Bertz CT molecular complexity index is 163. The zero-order valence-electron chi connectivity index (χ0n) is 6.49. The van der Waals surface area contributed by atoms with E-state index in [-0.39, 0.29) is 0 Å². The van der Waals surface area contributed by atoms with Crippen LogP contribution in [0.15, 0.2) is 0 Å². The average molecular weight is 306 g/mol. The molecule has 0 aliphatic heterocycles. The monoisotopic (exact) mass is 306 g/mol. The zero-order valence-corrected chi connectivity index (χ0v) is 8.64. The number of hydrogen-bond donors (Lipinski definition) is 5. The van der Waals surface area contributed by atoms with Crippen LogP contribution in [0, 0.1) is 0 Å². The van der Waals surface area contributed by atoms with Gasteiger partial charge < -0.3 is 28.6 Å². The van der Waals surface area contributed by atoms with Gasteiger partial charge in [-0.05, 0) is 0 Å². The highest BCUT2D eigenvalue weighted by Gasteiger charge is 2.48. The first-order valence-corrected chi connectivity index (χ1v) is 4.56. The van der Waals surface area contributed by atoms with Gasteiger partial charge in [-0.15, -0.1) is 0 Å². The molecular weight excluding hydrogens is 295 g/mol. The van der Waals surface area contributed by atoms with Crippen molar-refractivity contribution in [2.45, 2.75) is 36.6 Å². The molecule has 0 aromatic carbocycles. The molecule has 78 valence electrons. The Morgan fingerprint density at radius 1 is 0.692 bits per heavy atom. The summed E-state index contributed by atoms with van der Waals surface area (Å²) >= 11 is 1.44. The van der Waals surface area contributed by atoms with E-state index in [1.807, 2.05) is 0 Å². The molecule has 0 heterocycles. The van der Waals surface area contributed by atoms with Crippen molar-refractivity contribution in [3.63, 3.8) is 0 Å². The van der Waals surface area contributed by atoms with Crippen LogP contribution in [0.3, 0.4) is 0 Å². The highest BCUT2D eigenvalue weighted by molar-refractivity contribution is 14.1. The van der Waals surface area contributed by atoms with Crippen molar-refractivity contribution in [1.29, 1.82) is 0 Å². The maximum absolute atomic E-state index is 9.29. The number of aliphatic hydroxyl groups is 5. The lowest BCUT2D eigenvalue weighted by Gasteiger charge is -2.40. The highest BCUT2D eigenvalue weighted by atomic mass is 127. The summed E-state index contributed by atoms with van der Waals surface area (Å²) in [4.78, 5) is 0. The second-order valence-electron chi connectivity index (χ2n) is 3.01. The molecule has 0 radical (unpaired) electrons. The van der Waals surface area contributed by atoms with E-state index in [1.54, 1.807) is 0 Å². The molecule has 0 bridgehead atoms. The first-order chi connectivity index (χ1) is 6.00. The van der Waals surface area contributed by atoms with Gasteiger partial charge in [0, 0.05) is 0 Å². The summed E-state index contributed by atoms with van der Waals surface area (Å²) in [6.45, 7) is 0. The molecule has 1 aliphatic carbocycles. The fourth-order valence-electron chi connectivity index (χ4n) is 1.30. The Morgan fingerprint density at radius 2 is 1.00 bits per heavy atom. The number of rotatable bonds is 1. The summed E-state index contributed by atoms with van der Waals surface area (Å²) in [5, 5.41) is 46.1. The highest BCUT2D eigenvalue weighted by Crippen LogP contribution is 2.24. The lowest BCUT2D eigenvalue weighted by atomic mass is 9.85. The Morgan fingerprint density at radius 3 is 1.31 bits per heavy atom. The van der Waals surface area contributed by atoms with Gasteiger partial charge in [0.2, 0.25) is 0 Å². The second kappa shape index (κ2) is 4.34. The Labute approximate surface area is 88.5 Å². The minimum atomic E-state index is -1.56. The SMILES string of the molecule is OC1C(O)C(O)C(OI)C(O)C1O. The van der Waals surface area contributed by atoms with Gasteiger partial charge in [-0.2, -0.15) is 0 Å². The van der Waals surface area contributed by atoms with Gasteiger partial charge >= 0.3 is 0 Å². The predicted molar refractivity (Wildman–Crippen MR) is 48.9 cm³/mol. The summed E-state index contributed by atoms with van der Waals surface area (Å²) in [6.07, 6.45) is -8.52. The molecule has 4 atom stereocenters. The summed E-state index contributed by atoms with van der Waals surface area (Å²) < 4.78 is 4.64. The Hall–Kier alpha value is 0.490. The average Bonchev–Trinajstić information content (AvgIpc) is 2.13. The van der Waals surface area contributed by atoms with Crippen LogP contribution in [0.25, 0.3) is 0 Å². The van der Waals surface area contributed by atoms with Gasteiger partial charge in [-0.1, -0.05) is 0 Å². The molecule has 0 aromatic heterocycles. The lowest BCUT2D eigenvalue weighted by molar-refractivity contribution is -0.210. The van der Waals surface area contributed by atoms with Crippen LogP contribution in [-0.2, 0) is 3.07 Å². The number of hydrogen-bond acceptors (Lipinski definition) is 6. The van der Waals surface area contributed by atoms with Crippen molar-refractivity contribution >= 4 is 23.0 Å². The van der Waals surface area contributed by atoms with E-state index >= 15 is 0 Å². The third-order valence-electron chi connectivity index (χ3n) is 2.18. The topological polar surface area (TPSA) is 110 Å². The van der Waals surface area contributed by atoms with Crippen LogP contribution in [-0.4, -0.2) is 62.2 Å². The molecular formula is C6H11IO6. The molecule has 5 N–H and O–H groups in total. The molecule has 4 unspecified atom stereocenters. The van der Waals surface area contributed by atoms with Gasteiger partial charge in [-0.25, -0.2) is 0 Å². The first-order valence-electron chi connectivity index (χ1n) is 3.68. The van der Waals surface area contributed by atoms with Gasteiger partial charge in [0.05, 0.1) is 0 Å². The molecule has 1 fully saturated rings. The normalized spacial score (nSPS) is 52.2. The van der Waals surface area contributed by atoms with E-state index in [0.717, 1.165) is 0 Å². The van der Waals surface area contributed by atoms with E-state index in [1.165, 1.54) is 23.0 Å². The molecule has 1 saturated carbocycles. The van der Waals surface area contributed by atoms with Crippen LogP contribution in [0.1, 0.15) is 0 Å². The predicted octanol–water partition coefficient (Wildman–Crippen LogP) is -2.46. The minimum absolute atomic E-state index is 1.10. The molecule has 0 spiro atoms. The minimum Gasteiger partial charge on any atom is -0.387 e. The molecule has 1 rings (SSSR count). The van der Waals surface area contributed by atoms with Gasteiger partial charge in [0.1, 0.15) is 59.6 Å². The maximum Gasteiger partial charge on any atom is 0.127 e. The smallest absolute Gasteiger partial charge is 0.127 e. The Balaban J connectivity index is 2.79.